The first kappa shape index (κ1) is 17.1. The minimum atomic E-state index is -0.259. The number of amides is 1. The predicted octanol–water partition coefficient (Wildman–Crippen LogP) is 2.08. The Bertz CT molecular complexity index is 763. The van der Waals surface area contributed by atoms with E-state index in [0.717, 1.165) is 11.3 Å². The van der Waals surface area contributed by atoms with Crippen molar-refractivity contribution in [3.05, 3.63) is 48.0 Å². The van der Waals surface area contributed by atoms with Crippen LogP contribution in [0.4, 0.5) is 5.69 Å². The lowest BCUT2D eigenvalue weighted by Gasteiger charge is -2.18. The van der Waals surface area contributed by atoms with E-state index < -0.39 is 0 Å². The van der Waals surface area contributed by atoms with Gasteiger partial charge in [0.2, 0.25) is 6.79 Å². The van der Waals surface area contributed by atoms with E-state index >= 15 is 0 Å². The number of ether oxygens (including phenoxy) is 3. The van der Waals surface area contributed by atoms with Crippen LogP contribution in [-0.2, 0) is 4.79 Å². The summed E-state index contributed by atoms with van der Waals surface area (Å²) in [4.78, 5) is 12.5. The molecule has 0 aliphatic carbocycles. The molecule has 1 amide bonds. The topological polar surface area (TPSA) is 73.4 Å². The number of carbonyl (C=O) groups is 1. The molecule has 3 rings (SSSR count). The molecule has 2 atom stereocenters. The van der Waals surface area contributed by atoms with Crippen LogP contribution in [0.3, 0.4) is 0 Å². The summed E-state index contributed by atoms with van der Waals surface area (Å²) in [5, 5.41) is 4.93. The number of carbonyl (C=O) groups excluding carboxylic acids is 1. The molecule has 6 heteroatoms. The molecule has 0 saturated heterocycles. The van der Waals surface area contributed by atoms with Crippen LogP contribution in [0.1, 0.15) is 25.5 Å². The third kappa shape index (κ3) is 3.85. The molecular formula is C19H23N2O4+. The van der Waals surface area contributed by atoms with Gasteiger partial charge >= 0.3 is 0 Å². The van der Waals surface area contributed by atoms with Crippen LogP contribution >= 0.6 is 0 Å². The molecule has 2 aromatic rings. The minimum absolute atomic E-state index is 0.0689. The normalized spacial score (nSPS) is 14.7. The van der Waals surface area contributed by atoms with Crippen LogP contribution in [0.25, 0.3) is 0 Å². The van der Waals surface area contributed by atoms with E-state index in [1.165, 1.54) is 0 Å². The van der Waals surface area contributed by atoms with Gasteiger partial charge in [0, 0.05) is 11.8 Å². The number of rotatable bonds is 6. The first-order valence-corrected chi connectivity index (χ1v) is 8.27. The zero-order valence-electron chi connectivity index (χ0n) is 14.6. The van der Waals surface area contributed by atoms with Crippen molar-refractivity contribution in [2.75, 3.05) is 19.2 Å². The first-order chi connectivity index (χ1) is 12.1. The highest BCUT2D eigenvalue weighted by Crippen LogP contribution is 2.34. The van der Waals surface area contributed by atoms with Crippen LogP contribution in [0.5, 0.6) is 17.2 Å². The Morgan fingerprint density at radius 3 is 2.72 bits per heavy atom. The third-order valence-corrected chi connectivity index (χ3v) is 4.26. The van der Waals surface area contributed by atoms with Crippen molar-refractivity contribution in [1.82, 2.24) is 0 Å². The van der Waals surface area contributed by atoms with Gasteiger partial charge in [0.25, 0.3) is 5.91 Å². The molecule has 1 aliphatic heterocycles. The van der Waals surface area contributed by atoms with Crippen molar-refractivity contribution in [3.8, 4) is 17.2 Å². The zero-order chi connectivity index (χ0) is 17.8. The number of anilines is 1. The largest absolute Gasteiger partial charge is 0.496 e. The average molecular weight is 343 g/mol. The van der Waals surface area contributed by atoms with Gasteiger partial charge in [0.05, 0.1) is 12.7 Å². The summed E-state index contributed by atoms with van der Waals surface area (Å²) in [7, 11) is 1.65. The Hall–Kier alpha value is -2.73. The van der Waals surface area contributed by atoms with Crippen LogP contribution < -0.4 is 24.8 Å². The summed E-state index contributed by atoms with van der Waals surface area (Å²) < 4.78 is 16.0. The van der Waals surface area contributed by atoms with Crippen molar-refractivity contribution in [1.29, 1.82) is 0 Å². The van der Waals surface area contributed by atoms with E-state index in [0.29, 0.717) is 17.2 Å². The van der Waals surface area contributed by atoms with Crippen molar-refractivity contribution < 1.29 is 24.3 Å². The van der Waals surface area contributed by atoms with Crippen LogP contribution in [0.2, 0.25) is 0 Å². The molecule has 1 heterocycles. The fourth-order valence-electron chi connectivity index (χ4n) is 2.90. The van der Waals surface area contributed by atoms with Gasteiger partial charge in [-0.15, -0.1) is 0 Å². The van der Waals surface area contributed by atoms with Gasteiger partial charge in [-0.2, -0.15) is 0 Å². The number of methoxy groups -OCH3 is 1. The molecule has 0 aromatic heterocycles. The average Bonchev–Trinajstić information content (AvgIpc) is 3.09. The highest BCUT2D eigenvalue weighted by Gasteiger charge is 2.23. The van der Waals surface area contributed by atoms with Gasteiger partial charge in [-0.1, -0.05) is 12.1 Å². The zero-order valence-corrected chi connectivity index (χ0v) is 14.6. The Balaban J connectivity index is 1.62. The minimum Gasteiger partial charge on any atom is -0.496 e. The number of hydrogen-bond donors (Lipinski definition) is 2. The Kier molecular flexibility index (Phi) is 5.09. The van der Waals surface area contributed by atoms with E-state index in [4.69, 9.17) is 14.2 Å². The lowest BCUT2D eigenvalue weighted by molar-refractivity contribution is -0.709. The van der Waals surface area contributed by atoms with E-state index in [9.17, 15) is 4.79 Å². The molecule has 0 spiro atoms. The summed E-state index contributed by atoms with van der Waals surface area (Å²) in [6, 6.07) is 13.1. The van der Waals surface area contributed by atoms with Crippen molar-refractivity contribution in [2.45, 2.75) is 25.9 Å². The number of fused-ring (bicyclic) bond motifs is 1. The summed E-state index contributed by atoms with van der Waals surface area (Å²) >= 11 is 0. The lowest BCUT2D eigenvalue weighted by atomic mass is 10.1. The van der Waals surface area contributed by atoms with Crippen molar-refractivity contribution >= 4 is 11.6 Å². The van der Waals surface area contributed by atoms with Gasteiger partial charge in [-0.3, -0.25) is 4.79 Å². The van der Waals surface area contributed by atoms with Gasteiger partial charge in [0.15, 0.2) is 17.5 Å². The fraction of sp³-hybridized carbons (Fsp3) is 0.316. The molecule has 0 fully saturated rings. The number of quaternary nitrogens is 1. The summed E-state index contributed by atoms with van der Waals surface area (Å²) in [5.41, 5.74) is 1.76. The molecule has 132 valence electrons. The third-order valence-electron chi connectivity index (χ3n) is 4.26. The monoisotopic (exact) mass is 343 g/mol. The summed E-state index contributed by atoms with van der Waals surface area (Å²) in [6.45, 7) is 4.16. The van der Waals surface area contributed by atoms with Gasteiger partial charge in [0.1, 0.15) is 11.8 Å². The summed E-state index contributed by atoms with van der Waals surface area (Å²) in [6.07, 6.45) is 0. The molecule has 25 heavy (non-hydrogen) atoms. The van der Waals surface area contributed by atoms with E-state index in [2.05, 4.69) is 12.2 Å². The standard InChI is InChI=1S/C19H22N2O4/c1-12(15-6-4-5-7-16(15)23-3)20-13(2)19(22)21-14-8-9-17-18(10-14)25-11-24-17/h4-10,12-13,20H,11H2,1-3H3,(H,21,22)/p+1/t12-,13+/m0/s1. The van der Waals surface area contributed by atoms with E-state index in [-0.39, 0.29) is 24.8 Å². The molecule has 6 nitrogen and oxygen atoms in total. The second kappa shape index (κ2) is 7.44. The van der Waals surface area contributed by atoms with E-state index in [1.54, 1.807) is 19.2 Å². The maximum Gasteiger partial charge on any atom is 0.282 e. The van der Waals surface area contributed by atoms with Crippen LogP contribution in [0.15, 0.2) is 42.5 Å². The Morgan fingerprint density at radius 2 is 1.92 bits per heavy atom. The first-order valence-electron chi connectivity index (χ1n) is 8.27. The predicted molar refractivity (Wildman–Crippen MR) is 94.0 cm³/mol. The molecule has 0 unspecified atom stereocenters. The second-order valence-electron chi connectivity index (χ2n) is 6.07. The molecule has 0 saturated carbocycles. The molecule has 2 aromatic carbocycles. The quantitative estimate of drug-likeness (QED) is 0.842. The fourth-order valence-corrected chi connectivity index (χ4v) is 2.90. The van der Waals surface area contributed by atoms with Gasteiger partial charge in [-0.25, -0.2) is 0 Å². The molecule has 3 N–H and O–H groups in total. The SMILES string of the molecule is COc1ccccc1[C@H](C)[NH2+][C@H](C)C(=O)Nc1ccc2c(c1)OCO2. The number of hydrogen-bond acceptors (Lipinski definition) is 4. The highest BCUT2D eigenvalue weighted by molar-refractivity contribution is 5.93. The van der Waals surface area contributed by atoms with Gasteiger partial charge < -0.3 is 24.8 Å². The van der Waals surface area contributed by atoms with Crippen LogP contribution in [-0.4, -0.2) is 25.9 Å². The Labute approximate surface area is 147 Å². The summed E-state index contributed by atoms with van der Waals surface area (Å²) in [5.74, 6) is 2.11. The van der Waals surface area contributed by atoms with Crippen molar-refractivity contribution in [3.63, 3.8) is 0 Å². The molecule has 1 aliphatic rings. The maximum absolute atomic E-state index is 12.5. The molecule has 0 bridgehead atoms. The highest BCUT2D eigenvalue weighted by atomic mass is 16.7. The molecular weight excluding hydrogens is 320 g/mol. The second-order valence-corrected chi connectivity index (χ2v) is 6.07. The molecule has 0 radical (unpaired) electrons. The number of nitrogens with one attached hydrogen (secondary N) is 1. The van der Waals surface area contributed by atoms with Crippen LogP contribution in [0, 0.1) is 0 Å². The Morgan fingerprint density at radius 1 is 1.16 bits per heavy atom. The number of para-hydroxylation sites is 1. The number of nitrogens with two attached hydrogens (primary N) is 1. The van der Waals surface area contributed by atoms with Crippen molar-refractivity contribution in [2.24, 2.45) is 0 Å². The maximum atomic E-state index is 12.5. The number of benzene rings is 2. The lowest BCUT2D eigenvalue weighted by Crippen LogP contribution is -2.91. The van der Waals surface area contributed by atoms with Gasteiger partial charge in [-0.05, 0) is 38.1 Å². The smallest absolute Gasteiger partial charge is 0.282 e. The van der Waals surface area contributed by atoms with E-state index in [1.807, 2.05) is 42.6 Å².